The molecule has 0 aliphatic rings. The number of rotatable bonds is 15. The third kappa shape index (κ3) is 13.9. The second kappa shape index (κ2) is 15.6. The molecule has 0 aromatic carbocycles. The molecule has 21 heavy (non-hydrogen) atoms. The van der Waals surface area contributed by atoms with E-state index in [0.717, 1.165) is 12.8 Å². The minimum atomic E-state index is -0.289. The molecule has 0 bridgehead atoms. The largest absolute Gasteiger partial charge is 0.462 e. The molecule has 1 unspecified atom stereocenters. The Balaban J connectivity index is 3.51. The number of ether oxygens (including phenoxy) is 1. The van der Waals surface area contributed by atoms with Crippen LogP contribution in [-0.2, 0) is 9.53 Å². The van der Waals surface area contributed by atoms with Crippen molar-refractivity contribution in [3.05, 3.63) is 12.7 Å². The smallest absolute Gasteiger partial charge is 0.330 e. The zero-order chi connectivity index (χ0) is 15.8. The molecular formula is C19H36O2. The van der Waals surface area contributed by atoms with Crippen molar-refractivity contribution in [2.45, 2.75) is 90.9 Å². The van der Waals surface area contributed by atoms with Crippen LogP contribution in [0, 0.1) is 5.92 Å². The number of hydrogen-bond acceptors (Lipinski definition) is 2. The van der Waals surface area contributed by atoms with E-state index in [1.165, 1.54) is 70.3 Å². The van der Waals surface area contributed by atoms with Crippen molar-refractivity contribution in [2.75, 3.05) is 6.61 Å². The minimum absolute atomic E-state index is 0.289. The maximum atomic E-state index is 11.1. The summed E-state index contributed by atoms with van der Waals surface area (Å²) in [6, 6.07) is 0. The van der Waals surface area contributed by atoms with Gasteiger partial charge in [0.2, 0.25) is 0 Å². The highest BCUT2D eigenvalue weighted by molar-refractivity contribution is 5.81. The lowest BCUT2D eigenvalue weighted by molar-refractivity contribution is -0.139. The summed E-state index contributed by atoms with van der Waals surface area (Å²) in [5.74, 6) is 0.242. The van der Waals surface area contributed by atoms with Gasteiger partial charge in [-0.3, -0.25) is 0 Å². The topological polar surface area (TPSA) is 26.3 Å². The van der Waals surface area contributed by atoms with E-state index in [1.54, 1.807) is 0 Å². The lowest BCUT2D eigenvalue weighted by Gasteiger charge is -2.15. The lowest BCUT2D eigenvalue weighted by atomic mass is 9.96. The standard InChI is InChI=1S/C19H36O2/c1-4-7-8-9-10-11-12-13-14-16-18(15-5-2)17-21-19(20)6-3/h6,18H,3-5,7-17H2,1-2H3. The first-order chi connectivity index (χ1) is 10.2. The summed E-state index contributed by atoms with van der Waals surface area (Å²) in [6.45, 7) is 8.45. The minimum Gasteiger partial charge on any atom is -0.462 e. The van der Waals surface area contributed by atoms with Crippen LogP contribution in [0.1, 0.15) is 90.9 Å². The maximum Gasteiger partial charge on any atom is 0.330 e. The van der Waals surface area contributed by atoms with Crippen LogP contribution < -0.4 is 0 Å². The van der Waals surface area contributed by atoms with Crippen molar-refractivity contribution >= 4 is 5.97 Å². The van der Waals surface area contributed by atoms with Crippen LogP contribution in [0.4, 0.5) is 0 Å². The average Bonchev–Trinajstić information content (AvgIpc) is 2.50. The predicted molar refractivity (Wildman–Crippen MR) is 91.4 cm³/mol. The van der Waals surface area contributed by atoms with Crippen LogP contribution in [0.2, 0.25) is 0 Å². The van der Waals surface area contributed by atoms with Gasteiger partial charge in [0.15, 0.2) is 0 Å². The quantitative estimate of drug-likeness (QED) is 0.209. The molecule has 2 heteroatoms. The molecular weight excluding hydrogens is 260 g/mol. The second-order valence-electron chi connectivity index (χ2n) is 6.11. The molecule has 0 fully saturated rings. The van der Waals surface area contributed by atoms with Crippen LogP contribution in [0.3, 0.4) is 0 Å². The van der Waals surface area contributed by atoms with E-state index < -0.39 is 0 Å². The molecule has 0 aromatic rings. The number of hydrogen-bond donors (Lipinski definition) is 0. The number of carbonyl (C=O) groups is 1. The molecule has 0 N–H and O–H groups in total. The Morgan fingerprint density at radius 3 is 2.00 bits per heavy atom. The Bertz CT molecular complexity index is 248. The fraction of sp³-hybridized carbons (Fsp3) is 0.842. The molecule has 0 aliphatic heterocycles. The molecule has 2 nitrogen and oxygen atoms in total. The van der Waals surface area contributed by atoms with Crippen LogP contribution in [-0.4, -0.2) is 12.6 Å². The first-order valence-electron chi connectivity index (χ1n) is 9.03. The van der Waals surface area contributed by atoms with Crippen molar-refractivity contribution in [1.29, 1.82) is 0 Å². The molecule has 0 aromatic heterocycles. The zero-order valence-electron chi connectivity index (χ0n) is 14.4. The van der Waals surface area contributed by atoms with E-state index in [4.69, 9.17) is 4.74 Å². The molecule has 0 spiro atoms. The predicted octanol–water partition coefficient (Wildman–Crippen LogP) is 6.05. The third-order valence-electron chi connectivity index (χ3n) is 4.04. The van der Waals surface area contributed by atoms with Gasteiger partial charge >= 0.3 is 5.97 Å². The monoisotopic (exact) mass is 296 g/mol. The Hall–Kier alpha value is -0.790. The second-order valence-corrected chi connectivity index (χ2v) is 6.11. The summed E-state index contributed by atoms with van der Waals surface area (Å²) >= 11 is 0. The van der Waals surface area contributed by atoms with Crippen molar-refractivity contribution < 1.29 is 9.53 Å². The molecule has 0 radical (unpaired) electrons. The van der Waals surface area contributed by atoms with E-state index in [-0.39, 0.29) is 5.97 Å². The van der Waals surface area contributed by atoms with Gasteiger partial charge in [-0.1, -0.05) is 84.6 Å². The Labute approximate surface area is 132 Å². The van der Waals surface area contributed by atoms with E-state index >= 15 is 0 Å². The average molecular weight is 296 g/mol. The molecule has 0 saturated carbocycles. The van der Waals surface area contributed by atoms with E-state index in [1.807, 2.05) is 0 Å². The summed E-state index contributed by atoms with van der Waals surface area (Å²) in [5.41, 5.74) is 0. The Kier molecular flexibility index (Phi) is 15.0. The highest BCUT2D eigenvalue weighted by atomic mass is 16.5. The van der Waals surface area contributed by atoms with Crippen LogP contribution in [0.5, 0.6) is 0 Å². The Morgan fingerprint density at radius 2 is 1.48 bits per heavy atom. The molecule has 0 rings (SSSR count). The molecule has 0 amide bonds. The summed E-state index contributed by atoms with van der Waals surface area (Å²) in [6.07, 6.45) is 17.0. The molecule has 124 valence electrons. The van der Waals surface area contributed by atoms with Gasteiger partial charge in [-0.25, -0.2) is 4.79 Å². The van der Waals surface area contributed by atoms with Gasteiger partial charge in [-0.2, -0.15) is 0 Å². The summed E-state index contributed by atoms with van der Waals surface area (Å²) < 4.78 is 5.18. The molecule has 0 saturated heterocycles. The summed E-state index contributed by atoms with van der Waals surface area (Å²) in [5, 5.41) is 0. The molecule has 0 heterocycles. The van der Waals surface area contributed by atoms with Crippen molar-refractivity contribution in [3.8, 4) is 0 Å². The van der Waals surface area contributed by atoms with Crippen molar-refractivity contribution in [1.82, 2.24) is 0 Å². The fourth-order valence-electron chi connectivity index (χ4n) is 2.72. The highest BCUT2D eigenvalue weighted by Gasteiger charge is 2.09. The van der Waals surface area contributed by atoms with Crippen LogP contribution in [0.25, 0.3) is 0 Å². The first-order valence-corrected chi connectivity index (χ1v) is 9.03. The van der Waals surface area contributed by atoms with E-state index in [2.05, 4.69) is 20.4 Å². The highest BCUT2D eigenvalue weighted by Crippen LogP contribution is 2.17. The van der Waals surface area contributed by atoms with Gasteiger partial charge in [0.1, 0.15) is 0 Å². The van der Waals surface area contributed by atoms with Gasteiger partial charge in [0.05, 0.1) is 6.61 Å². The maximum absolute atomic E-state index is 11.1. The third-order valence-corrected chi connectivity index (χ3v) is 4.04. The Morgan fingerprint density at radius 1 is 0.905 bits per heavy atom. The van der Waals surface area contributed by atoms with Gasteiger partial charge in [-0.15, -0.1) is 0 Å². The van der Waals surface area contributed by atoms with Crippen LogP contribution >= 0.6 is 0 Å². The van der Waals surface area contributed by atoms with Gasteiger partial charge < -0.3 is 4.74 Å². The van der Waals surface area contributed by atoms with Crippen molar-refractivity contribution in [3.63, 3.8) is 0 Å². The number of esters is 1. The van der Waals surface area contributed by atoms with Gasteiger partial charge in [-0.05, 0) is 18.8 Å². The molecule has 0 aliphatic carbocycles. The normalized spacial score (nSPS) is 12.1. The molecule has 1 atom stereocenters. The van der Waals surface area contributed by atoms with Gasteiger partial charge in [0, 0.05) is 6.08 Å². The van der Waals surface area contributed by atoms with E-state index in [0.29, 0.717) is 12.5 Å². The summed E-state index contributed by atoms with van der Waals surface area (Å²) in [4.78, 5) is 11.1. The fourth-order valence-corrected chi connectivity index (χ4v) is 2.72. The van der Waals surface area contributed by atoms with Gasteiger partial charge in [0.25, 0.3) is 0 Å². The number of carbonyl (C=O) groups excluding carboxylic acids is 1. The van der Waals surface area contributed by atoms with Crippen molar-refractivity contribution in [2.24, 2.45) is 5.92 Å². The van der Waals surface area contributed by atoms with Crippen LogP contribution in [0.15, 0.2) is 12.7 Å². The summed E-state index contributed by atoms with van der Waals surface area (Å²) in [7, 11) is 0. The number of unbranched alkanes of at least 4 members (excludes halogenated alkanes) is 8. The first kappa shape index (κ1) is 20.2. The SMILES string of the molecule is C=CC(=O)OCC(CCC)CCCCCCCCCCC. The zero-order valence-corrected chi connectivity index (χ0v) is 14.4. The van der Waals surface area contributed by atoms with E-state index in [9.17, 15) is 4.79 Å². The lowest BCUT2D eigenvalue weighted by Crippen LogP contribution is -2.12.